The highest BCUT2D eigenvalue weighted by molar-refractivity contribution is 5.84. The van der Waals surface area contributed by atoms with Gasteiger partial charge in [-0.05, 0) is 43.6 Å². The van der Waals surface area contributed by atoms with Gasteiger partial charge in [-0.2, -0.15) is 0 Å². The third-order valence-electron chi connectivity index (χ3n) is 6.94. The van der Waals surface area contributed by atoms with Crippen LogP contribution in [-0.2, 0) is 25.7 Å². The minimum Gasteiger partial charge on any atom is -0.461 e. The lowest BCUT2D eigenvalue weighted by Crippen LogP contribution is -2.55. The second kappa shape index (κ2) is 12.0. The molecule has 1 aliphatic heterocycles. The molecule has 1 N–H and O–H groups in total. The summed E-state index contributed by atoms with van der Waals surface area (Å²) in [5, 5.41) is 10.5. The molecule has 3 rings (SSSR count). The molecule has 1 aliphatic carbocycles. The SMILES string of the molecule is CCCCC(F)(F)[C@@]1(O)CC[C@H]2C(CC(=O)[C@@H]2C/C=C\CCCC(=O)OCc2ccccc2)O1. The number of carbonyl (C=O) groups excluding carboxylic acids is 2. The minimum atomic E-state index is -3.32. The number of esters is 1. The number of hydrogen-bond donors (Lipinski definition) is 1. The third-order valence-corrected chi connectivity index (χ3v) is 6.94. The standard InChI is InChI=1S/C27H36F2O5/c1-2-3-16-26(28,29)27(32)17-15-22-21(23(30)18-24(22)34-27)13-9-4-5-10-14-25(31)33-19-20-11-7-6-8-12-20/h4,6-9,11-12,21-22,24,32H,2-3,5,10,13-19H2,1H3/b9-4-/t21-,22-,24?,27-/m1/s1. The van der Waals surface area contributed by atoms with Gasteiger partial charge in [0.2, 0.25) is 5.79 Å². The summed E-state index contributed by atoms with van der Waals surface area (Å²) in [5.41, 5.74) is 0.949. The number of benzene rings is 1. The maximum absolute atomic E-state index is 14.5. The van der Waals surface area contributed by atoms with E-state index in [1.807, 2.05) is 49.4 Å². The molecule has 1 aromatic carbocycles. The quantitative estimate of drug-likeness (QED) is 0.235. The Bertz CT molecular complexity index is 841. The molecule has 0 spiro atoms. The first-order chi connectivity index (χ1) is 16.3. The largest absolute Gasteiger partial charge is 0.461 e. The fourth-order valence-corrected chi connectivity index (χ4v) is 4.89. The van der Waals surface area contributed by atoms with Crippen LogP contribution in [0.25, 0.3) is 0 Å². The lowest BCUT2D eigenvalue weighted by atomic mass is 9.82. The highest BCUT2D eigenvalue weighted by Gasteiger charge is 2.59. The van der Waals surface area contributed by atoms with Crippen molar-refractivity contribution in [2.24, 2.45) is 11.8 Å². The van der Waals surface area contributed by atoms with Crippen molar-refractivity contribution in [3.63, 3.8) is 0 Å². The molecule has 1 saturated carbocycles. The molecule has 2 fully saturated rings. The van der Waals surface area contributed by atoms with Gasteiger partial charge >= 0.3 is 11.9 Å². The Morgan fingerprint density at radius 2 is 2.03 bits per heavy atom. The van der Waals surface area contributed by atoms with Gasteiger partial charge in [-0.1, -0.05) is 55.8 Å². The van der Waals surface area contributed by atoms with Crippen molar-refractivity contribution in [2.45, 2.75) is 95.6 Å². The van der Waals surface area contributed by atoms with Gasteiger partial charge in [0.05, 0.1) is 6.10 Å². The molecule has 2 aliphatic rings. The average Bonchev–Trinajstić information content (AvgIpc) is 3.12. The maximum atomic E-state index is 14.5. The summed E-state index contributed by atoms with van der Waals surface area (Å²) in [7, 11) is 0. The van der Waals surface area contributed by atoms with E-state index < -0.39 is 24.2 Å². The van der Waals surface area contributed by atoms with Crippen LogP contribution in [0.4, 0.5) is 8.78 Å². The molecule has 0 bridgehead atoms. The molecular formula is C27H36F2O5. The second-order valence-corrected chi connectivity index (χ2v) is 9.47. The van der Waals surface area contributed by atoms with Crippen molar-refractivity contribution in [3.05, 3.63) is 48.0 Å². The molecule has 34 heavy (non-hydrogen) atoms. The topological polar surface area (TPSA) is 72.8 Å². The first-order valence-corrected chi connectivity index (χ1v) is 12.4. The number of allylic oxidation sites excluding steroid dienone is 2. The summed E-state index contributed by atoms with van der Waals surface area (Å²) in [5.74, 6) is -6.46. The number of aliphatic hydroxyl groups is 1. The third kappa shape index (κ3) is 6.72. The summed E-state index contributed by atoms with van der Waals surface area (Å²) in [6.07, 6.45) is 6.16. The van der Waals surface area contributed by atoms with E-state index in [-0.39, 0.29) is 43.0 Å². The molecule has 5 nitrogen and oxygen atoms in total. The zero-order chi connectivity index (χ0) is 24.6. The molecule has 1 heterocycles. The van der Waals surface area contributed by atoms with E-state index in [1.165, 1.54) is 0 Å². The summed E-state index contributed by atoms with van der Waals surface area (Å²) in [6, 6.07) is 9.51. The van der Waals surface area contributed by atoms with Crippen molar-refractivity contribution < 1.29 is 33.0 Å². The number of ether oxygens (including phenoxy) is 2. The first-order valence-electron chi connectivity index (χ1n) is 12.4. The summed E-state index contributed by atoms with van der Waals surface area (Å²) >= 11 is 0. The van der Waals surface area contributed by atoms with E-state index >= 15 is 0 Å². The molecule has 0 aromatic heterocycles. The van der Waals surface area contributed by atoms with Crippen LogP contribution in [-0.4, -0.2) is 34.7 Å². The lowest BCUT2D eigenvalue weighted by Gasteiger charge is -2.43. The van der Waals surface area contributed by atoms with E-state index in [4.69, 9.17) is 9.47 Å². The van der Waals surface area contributed by atoms with E-state index in [9.17, 15) is 23.5 Å². The second-order valence-electron chi connectivity index (χ2n) is 9.47. The normalized spacial score (nSPS) is 27.2. The van der Waals surface area contributed by atoms with Crippen LogP contribution in [0.2, 0.25) is 0 Å². The Kier molecular flexibility index (Phi) is 9.37. The summed E-state index contributed by atoms with van der Waals surface area (Å²) < 4.78 is 39.8. The van der Waals surface area contributed by atoms with Crippen molar-refractivity contribution >= 4 is 11.8 Å². The molecule has 4 atom stereocenters. The molecule has 0 radical (unpaired) electrons. The highest BCUT2D eigenvalue weighted by atomic mass is 19.3. The van der Waals surface area contributed by atoms with Crippen LogP contribution in [0.3, 0.4) is 0 Å². The smallest absolute Gasteiger partial charge is 0.306 e. The van der Waals surface area contributed by atoms with Gasteiger partial charge in [0.25, 0.3) is 0 Å². The van der Waals surface area contributed by atoms with Gasteiger partial charge in [0.1, 0.15) is 12.4 Å². The Morgan fingerprint density at radius 3 is 2.76 bits per heavy atom. The maximum Gasteiger partial charge on any atom is 0.306 e. The van der Waals surface area contributed by atoms with E-state index in [2.05, 4.69) is 0 Å². The number of Topliss-reactive ketones (excluding diaryl/α,β-unsaturated/α-hetero) is 1. The van der Waals surface area contributed by atoms with Crippen molar-refractivity contribution in [2.75, 3.05) is 0 Å². The van der Waals surface area contributed by atoms with Gasteiger partial charge < -0.3 is 14.6 Å². The van der Waals surface area contributed by atoms with Crippen molar-refractivity contribution in [1.82, 2.24) is 0 Å². The predicted octanol–water partition coefficient (Wildman–Crippen LogP) is 5.74. The molecular weight excluding hydrogens is 442 g/mol. The van der Waals surface area contributed by atoms with Gasteiger partial charge in [-0.15, -0.1) is 0 Å². The molecule has 1 aromatic rings. The van der Waals surface area contributed by atoms with Crippen LogP contribution in [0.5, 0.6) is 0 Å². The molecule has 7 heteroatoms. The van der Waals surface area contributed by atoms with E-state index in [0.717, 1.165) is 5.56 Å². The molecule has 1 unspecified atom stereocenters. The van der Waals surface area contributed by atoms with Crippen molar-refractivity contribution in [3.8, 4) is 0 Å². The average molecular weight is 479 g/mol. The van der Waals surface area contributed by atoms with Crippen LogP contribution in [0.15, 0.2) is 42.5 Å². The van der Waals surface area contributed by atoms with Gasteiger partial charge in [0.15, 0.2) is 0 Å². The number of carbonyl (C=O) groups is 2. The van der Waals surface area contributed by atoms with Gasteiger partial charge in [0, 0.05) is 31.6 Å². The number of ketones is 1. The van der Waals surface area contributed by atoms with Crippen LogP contribution >= 0.6 is 0 Å². The lowest BCUT2D eigenvalue weighted by molar-refractivity contribution is -0.356. The highest BCUT2D eigenvalue weighted by Crippen LogP contribution is 2.49. The predicted molar refractivity (Wildman–Crippen MR) is 124 cm³/mol. The monoisotopic (exact) mass is 478 g/mol. The van der Waals surface area contributed by atoms with Gasteiger partial charge in [-0.25, -0.2) is 8.78 Å². The Labute approximate surface area is 200 Å². The fraction of sp³-hybridized carbons (Fsp3) is 0.630. The number of unbranched alkanes of at least 4 members (excludes halogenated alkanes) is 2. The summed E-state index contributed by atoms with van der Waals surface area (Å²) in [4.78, 5) is 24.4. The van der Waals surface area contributed by atoms with E-state index in [1.54, 1.807) is 0 Å². The number of alkyl halides is 2. The van der Waals surface area contributed by atoms with Crippen LogP contribution < -0.4 is 0 Å². The Morgan fingerprint density at radius 1 is 1.26 bits per heavy atom. The summed E-state index contributed by atoms with van der Waals surface area (Å²) in [6.45, 7) is 2.09. The molecule has 0 amide bonds. The Balaban J connectivity index is 1.39. The van der Waals surface area contributed by atoms with Crippen molar-refractivity contribution in [1.29, 1.82) is 0 Å². The van der Waals surface area contributed by atoms with Crippen LogP contribution in [0, 0.1) is 11.8 Å². The molecule has 1 saturated heterocycles. The first kappa shape index (κ1) is 26.5. The molecule has 188 valence electrons. The van der Waals surface area contributed by atoms with E-state index in [0.29, 0.717) is 44.9 Å². The fourth-order valence-electron chi connectivity index (χ4n) is 4.89. The number of hydrogen-bond acceptors (Lipinski definition) is 5. The van der Waals surface area contributed by atoms with Crippen LogP contribution in [0.1, 0.15) is 76.7 Å². The number of halogens is 2. The number of rotatable bonds is 12. The Hall–Kier alpha value is -2.12. The van der Waals surface area contributed by atoms with Gasteiger partial charge in [-0.3, -0.25) is 9.59 Å². The zero-order valence-corrected chi connectivity index (χ0v) is 19.9. The minimum absolute atomic E-state index is 0.00487. The zero-order valence-electron chi connectivity index (χ0n) is 19.9. The number of fused-ring (bicyclic) bond motifs is 1.